The van der Waals surface area contributed by atoms with Crippen molar-refractivity contribution in [1.82, 2.24) is 10.0 Å². The average molecular weight is 178 g/mol. The first kappa shape index (κ1) is 8.96. The van der Waals surface area contributed by atoms with E-state index in [0.717, 1.165) is 13.0 Å². The molecule has 11 heavy (non-hydrogen) atoms. The van der Waals surface area contributed by atoms with Gasteiger partial charge in [-0.3, -0.25) is 0 Å². The van der Waals surface area contributed by atoms with Gasteiger partial charge in [0.15, 0.2) is 0 Å². The Morgan fingerprint density at radius 2 is 2.18 bits per heavy atom. The van der Waals surface area contributed by atoms with Crippen LogP contribution in [0.15, 0.2) is 0 Å². The van der Waals surface area contributed by atoms with Crippen LogP contribution in [0.25, 0.3) is 0 Å². The van der Waals surface area contributed by atoms with Gasteiger partial charge in [-0.15, -0.1) is 0 Å². The lowest BCUT2D eigenvalue weighted by Crippen LogP contribution is -2.55. The first-order valence-corrected chi connectivity index (χ1v) is 5.59. The summed E-state index contributed by atoms with van der Waals surface area (Å²) in [5, 5.41) is 3.14. The predicted octanol–water partition coefficient (Wildman–Crippen LogP) is -0.714. The average Bonchev–Trinajstić information content (AvgIpc) is 1.50. The summed E-state index contributed by atoms with van der Waals surface area (Å²) in [6.07, 6.45) is 2.24. The number of hydrogen-bond donors (Lipinski definition) is 2. The minimum atomic E-state index is -3.03. The van der Waals surface area contributed by atoms with Gasteiger partial charge in [-0.1, -0.05) is 0 Å². The van der Waals surface area contributed by atoms with Gasteiger partial charge in [0.1, 0.15) is 0 Å². The SMILES string of the molecule is C[C@H](NS(C)(=O)=O)[C@@H]1CCN1. The molecule has 0 radical (unpaired) electrons. The molecule has 1 rings (SSSR count). The zero-order valence-electron chi connectivity index (χ0n) is 6.79. The molecule has 4 nitrogen and oxygen atoms in total. The van der Waals surface area contributed by atoms with Crippen molar-refractivity contribution >= 4 is 10.0 Å². The van der Waals surface area contributed by atoms with Crippen molar-refractivity contribution in [1.29, 1.82) is 0 Å². The molecule has 1 fully saturated rings. The van der Waals surface area contributed by atoms with E-state index in [1.807, 2.05) is 6.92 Å². The Bertz CT molecular complexity index is 221. The van der Waals surface area contributed by atoms with Crippen molar-refractivity contribution in [3.05, 3.63) is 0 Å². The molecule has 2 atom stereocenters. The zero-order valence-corrected chi connectivity index (χ0v) is 7.61. The van der Waals surface area contributed by atoms with Crippen molar-refractivity contribution in [3.8, 4) is 0 Å². The van der Waals surface area contributed by atoms with Crippen LogP contribution in [-0.4, -0.2) is 33.3 Å². The third-order valence-electron chi connectivity index (χ3n) is 1.87. The van der Waals surface area contributed by atoms with Gasteiger partial charge >= 0.3 is 0 Å². The molecule has 0 aromatic heterocycles. The van der Waals surface area contributed by atoms with Crippen LogP contribution in [0.4, 0.5) is 0 Å². The highest BCUT2D eigenvalue weighted by Crippen LogP contribution is 2.06. The number of hydrogen-bond acceptors (Lipinski definition) is 3. The van der Waals surface area contributed by atoms with Crippen molar-refractivity contribution in [2.24, 2.45) is 0 Å². The Morgan fingerprint density at radius 3 is 2.45 bits per heavy atom. The summed E-state index contributed by atoms with van der Waals surface area (Å²) in [5.74, 6) is 0. The van der Waals surface area contributed by atoms with E-state index in [9.17, 15) is 8.42 Å². The van der Waals surface area contributed by atoms with E-state index in [2.05, 4.69) is 10.0 Å². The Morgan fingerprint density at radius 1 is 1.64 bits per heavy atom. The maximum atomic E-state index is 10.7. The predicted molar refractivity (Wildman–Crippen MR) is 43.8 cm³/mol. The van der Waals surface area contributed by atoms with Gasteiger partial charge in [0.25, 0.3) is 0 Å². The minimum absolute atomic E-state index is 0.0127. The minimum Gasteiger partial charge on any atom is -0.312 e. The van der Waals surface area contributed by atoms with Crippen LogP contribution in [-0.2, 0) is 10.0 Å². The Labute approximate surface area is 67.4 Å². The van der Waals surface area contributed by atoms with E-state index in [-0.39, 0.29) is 6.04 Å². The van der Waals surface area contributed by atoms with Gasteiger partial charge in [0.2, 0.25) is 10.0 Å². The van der Waals surface area contributed by atoms with E-state index >= 15 is 0 Å². The third-order valence-corrected chi connectivity index (χ3v) is 2.67. The lowest BCUT2D eigenvalue weighted by molar-refractivity contribution is 0.314. The molecular formula is C6H14N2O2S. The van der Waals surface area contributed by atoms with Crippen molar-refractivity contribution < 1.29 is 8.42 Å². The Balaban J connectivity index is 2.36. The van der Waals surface area contributed by atoms with Crippen LogP contribution in [0.3, 0.4) is 0 Å². The van der Waals surface area contributed by atoms with Crippen LogP contribution >= 0.6 is 0 Å². The normalized spacial score (nSPS) is 27.6. The quantitative estimate of drug-likeness (QED) is 0.600. The molecule has 0 spiro atoms. The van der Waals surface area contributed by atoms with E-state index in [4.69, 9.17) is 0 Å². The standard InChI is InChI=1S/C6H14N2O2S/c1-5(6-3-4-7-6)8-11(2,9)10/h5-8H,3-4H2,1-2H3/t5-,6-/m0/s1. The molecule has 0 aliphatic carbocycles. The van der Waals surface area contributed by atoms with Gasteiger partial charge in [0.05, 0.1) is 6.26 Å². The van der Waals surface area contributed by atoms with Crippen LogP contribution < -0.4 is 10.0 Å². The van der Waals surface area contributed by atoms with Gasteiger partial charge in [-0.25, -0.2) is 13.1 Å². The maximum Gasteiger partial charge on any atom is 0.208 e. The second kappa shape index (κ2) is 3.08. The fourth-order valence-electron chi connectivity index (χ4n) is 1.16. The van der Waals surface area contributed by atoms with E-state index in [0.29, 0.717) is 6.04 Å². The lowest BCUT2D eigenvalue weighted by Gasteiger charge is -2.32. The van der Waals surface area contributed by atoms with E-state index in [1.54, 1.807) is 0 Å². The molecule has 66 valence electrons. The van der Waals surface area contributed by atoms with E-state index in [1.165, 1.54) is 6.26 Å². The molecule has 0 aromatic carbocycles. The summed E-state index contributed by atoms with van der Waals surface area (Å²) in [4.78, 5) is 0. The van der Waals surface area contributed by atoms with E-state index < -0.39 is 10.0 Å². The van der Waals surface area contributed by atoms with Gasteiger partial charge in [-0.2, -0.15) is 0 Å². The molecule has 1 saturated heterocycles. The first-order chi connectivity index (χ1) is 4.99. The van der Waals surface area contributed by atoms with Crippen LogP contribution in [0.2, 0.25) is 0 Å². The molecule has 1 heterocycles. The summed E-state index contributed by atoms with van der Waals surface area (Å²) in [6.45, 7) is 2.87. The van der Waals surface area contributed by atoms with Crippen LogP contribution in [0.1, 0.15) is 13.3 Å². The van der Waals surface area contributed by atoms with Crippen molar-refractivity contribution in [3.63, 3.8) is 0 Å². The topological polar surface area (TPSA) is 58.2 Å². The highest BCUT2D eigenvalue weighted by molar-refractivity contribution is 7.88. The molecular weight excluding hydrogens is 164 g/mol. The van der Waals surface area contributed by atoms with Gasteiger partial charge < -0.3 is 5.32 Å². The fourth-order valence-corrected chi connectivity index (χ4v) is 2.00. The second-order valence-corrected chi connectivity index (χ2v) is 4.81. The second-order valence-electron chi connectivity index (χ2n) is 3.03. The molecule has 0 bridgehead atoms. The monoisotopic (exact) mass is 178 g/mol. The van der Waals surface area contributed by atoms with Gasteiger partial charge in [0, 0.05) is 12.1 Å². The number of rotatable bonds is 3. The Hall–Kier alpha value is -0.130. The summed E-state index contributed by atoms with van der Waals surface area (Å²) in [5.41, 5.74) is 0. The highest BCUT2D eigenvalue weighted by atomic mass is 32.2. The molecule has 0 saturated carbocycles. The molecule has 5 heteroatoms. The van der Waals surface area contributed by atoms with Gasteiger partial charge in [-0.05, 0) is 19.9 Å². The zero-order chi connectivity index (χ0) is 8.48. The highest BCUT2D eigenvalue weighted by Gasteiger charge is 2.24. The molecule has 1 aliphatic heterocycles. The number of nitrogens with one attached hydrogen (secondary N) is 2. The Kier molecular flexibility index (Phi) is 2.51. The largest absolute Gasteiger partial charge is 0.312 e. The van der Waals surface area contributed by atoms with Crippen molar-refractivity contribution in [2.75, 3.05) is 12.8 Å². The summed E-state index contributed by atoms with van der Waals surface area (Å²) in [7, 11) is -3.03. The van der Waals surface area contributed by atoms with Crippen LogP contribution in [0.5, 0.6) is 0 Å². The fraction of sp³-hybridized carbons (Fsp3) is 1.00. The summed E-state index contributed by atoms with van der Waals surface area (Å²) < 4.78 is 24.0. The third kappa shape index (κ3) is 2.76. The van der Waals surface area contributed by atoms with Crippen LogP contribution in [0, 0.1) is 0 Å². The molecule has 0 amide bonds. The maximum absolute atomic E-state index is 10.7. The lowest BCUT2D eigenvalue weighted by atomic mass is 10.0. The summed E-state index contributed by atoms with van der Waals surface area (Å²) in [6, 6.07) is 0.337. The first-order valence-electron chi connectivity index (χ1n) is 3.70. The molecule has 0 unspecified atom stereocenters. The smallest absolute Gasteiger partial charge is 0.208 e. The molecule has 1 aliphatic rings. The number of sulfonamides is 1. The van der Waals surface area contributed by atoms with Crippen molar-refractivity contribution in [2.45, 2.75) is 25.4 Å². The summed E-state index contributed by atoms with van der Waals surface area (Å²) >= 11 is 0. The molecule has 0 aromatic rings. The molecule has 2 N–H and O–H groups in total.